The third-order valence-electron chi connectivity index (χ3n) is 3.85. The molecule has 3 heteroatoms. The van der Waals surface area contributed by atoms with Gasteiger partial charge in [0.25, 0.3) is 0 Å². The molecule has 0 aromatic heterocycles. The van der Waals surface area contributed by atoms with Crippen molar-refractivity contribution in [2.45, 2.75) is 83.5 Å². The van der Waals surface area contributed by atoms with E-state index in [2.05, 4.69) is 13.8 Å². The second-order valence-electron chi connectivity index (χ2n) is 6.53. The zero-order valence-electron chi connectivity index (χ0n) is 15.6. The smallest absolute Gasteiger partial charge is 0.0982 e. The Balaban J connectivity index is 4.10. The molecule has 0 aliphatic rings. The Morgan fingerprint density at radius 2 is 1.42 bits per heavy atom. The van der Waals surface area contributed by atoms with E-state index >= 15 is 0 Å². The molecule has 0 aliphatic heterocycles. The van der Waals surface area contributed by atoms with Gasteiger partial charge in [0.15, 0.2) is 0 Å². The lowest BCUT2D eigenvalue weighted by atomic mass is 9.98. The molecule has 0 spiro atoms. The van der Waals surface area contributed by atoms with Gasteiger partial charge >= 0.3 is 0 Å². The maximum absolute atomic E-state index is 10.2. The van der Waals surface area contributed by atoms with Crippen molar-refractivity contribution in [1.29, 1.82) is 0 Å². The monoisotopic (exact) mass is 336 g/mol. The number of allylic oxidation sites excluding steroid dienone is 6. The van der Waals surface area contributed by atoms with Gasteiger partial charge in [0.2, 0.25) is 0 Å². The Hall–Kier alpha value is -1.16. The van der Waals surface area contributed by atoms with Crippen molar-refractivity contribution >= 4 is 0 Å². The zero-order chi connectivity index (χ0) is 18.3. The van der Waals surface area contributed by atoms with Gasteiger partial charge in [-0.2, -0.15) is 0 Å². The highest BCUT2D eigenvalue weighted by Gasteiger charge is 2.14. The normalized spacial score (nSPS) is 18.1. The van der Waals surface area contributed by atoms with E-state index in [-0.39, 0.29) is 0 Å². The molecule has 3 atom stereocenters. The van der Waals surface area contributed by atoms with Crippen LogP contribution >= 0.6 is 0 Å². The molecule has 0 aromatic rings. The van der Waals surface area contributed by atoms with Gasteiger partial charge < -0.3 is 15.3 Å². The van der Waals surface area contributed by atoms with Crippen LogP contribution in [0.4, 0.5) is 0 Å². The predicted octanol–water partition coefficient (Wildman–Crippen LogP) is 4.45. The quantitative estimate of drug-likeness (QED) is 0.344. The van der Waals surface area contributed by atoms with Crippen molar-refractivity contribution < 1.29 is 15.3 Å². The summed E-state index contributed by atoms with van der Waals surface area (Å²) in [6.07, 6.45) is 19.5. The Bertz CT molecular complexity index is 405. The molecule has 138 valence electrons. The fraction of sp³-hybridized carbons (Fsp3) is 0.619. The molecule has 0 aromatic carbocycles. The van der Waals surface area contributed by atoms with E-state index in [9.17, 15) is 15.3 Å². The number of aliphatic hydroxyl groups excluding tert-OH is 2. The minimum Gasteiger partial charge on any atom is -0.390 e. The average molecular weight is 337 g/mol. The summed E-state index contributed by atoms with van der Waals surface area (Å²) in [4.78, 5) is 0. The number of hydrogen-bond acceptors (Lipinski definition) is 3. The first-order chi connectivity index (χ1) is 11.4. The second kappa shape index (κ2) is 14.2. The average Bonchev–Trinajstić information content (AvgIpc) is 2.54. The first-order valence-corrected chi connectivity index (χ1v) is 9.20. The molecule has 1 unspecified atom stereocenters. The van der Waals surface area contributed by atoms with Gasteiger partial charge in [0, 0.05) is 0 Å². The molecule has 0 bridgehead atoms. The first-order valence-electron chi connectivity index (χ1n) is 9.20. The third kappa shape index (κ3) is 13.3. The molecule has 0 rings (SSSR count). The standard InChI is InChI=1S/C21H36O3/c1-4-6-13-17-21(3,24)18-14-11-9-8-10-12-16-20(23)19(22)15-7-5-2/h8-12,14,16,18-20,22-24H,4-7,13,15,17H2,1-3H3/b10-8+,11-9-,16-12+,18-14+/t19-,20+,21?/m0/s1. The van der Waals surface area contributed by atoms with E-state index in [1.165, 1.54) is 0 Å². The van der Waals surface area contributed by atoms with Crippen molar-refractivity contribution in [3.63, 3.8) is 0 Å². The van der Waals surface area contributed by atoms with Crippen molar-refractivity contribution in [2.75, 3.05) is 0 Å². The second-order valence-corrected chi connectivity index (χ2v) is 6.53. The summed E-state index contributed by atoms with van der Waals surface area (Å²) in [5, 5.41) is 29.6. The summed E-state index contributed by atoms with van der Waals surface area (Å²) >= 11 is 0. The molecule has 0 aliphatic carbocycles. The predicted molar refractivity (Wildman–Crippen MR) is 103 cm³/mol. The lowest BCUT2D eigenvalue weighted by Crippen LogP contribution is -2.23. The van der Waals surface area contributed by atoms with Gasteiger partial charge in [-0.05, 0) is 19.8 Å². The van der Waals surface area contributed by atoms with Crippen molar-refractivity contribution in [2.24, 2.45) is 0 Å². The molecule has 0 heterocycles. The van der Waals surface area contributed by atoms with E-state index in [0.717, 1.165) is 38.5 Å². The summed E-state index contributed by atoms with van der Waals surface area (Å²) in [6.45, 7) is 6.04. The van der Waals surface area contributed by atoms with Crippen LogP contribution in [0, 0.1) is 0 Å². The molecule has 0 saturated heterocycles. The van der Waals surface area contributed by atoms with Crippen LogP contribution in [0.2, 0.25) is 0 Å². The lowest BCUT2D eigenvalue weighted by Gasteiger charge is -2.18. The van der Waals surface area contributed by atoms with Crippen LogP contribution < -0.4 is 0 Å². The van der Waals surface area contributed by atoms with Gasteiger partial charge in [-0.15, -0.1) is 0 Å². The molecular formula is C21H36O3. The topological polar surface area (TPSA) is 60.7 Å². The largest absolute Gasteiger partial charge is 0.390 e. The van der Waals surface area contributed by atoms with E-state index < -0.39 is 17.8 Å². The highest BCUT2D eigenvalue weighted by molar-refractivity contribution is 5.17. The van der Waals surface area contributed by atoms with E-state index in [1.807, 2.05) is 37.3 Å². The van der Waals surface area contributed by atoms with Crippen LogP contribution in [0.3, 0.4) is 0 Å². The number of aliphatic hydroxyl groups is 3. The fourth-order valence-electron chi connectivity index (χ4n) is 2.23. The summed E-state index contributed by atoms with van der Waals surface area (Å²) in [5.41, 5.74) is -0.748. The molecule has 3 nitrogen and oxygen atoms in total. The van der Waals surface area contributed by atoms with E-state index in [0.29, 0.717) is 6.42 Å². The SMILES string of the molecule is CCCCCC(C)(O)/C=C/C=C\C=C\C=C\[C@@H](O)[C@@H](O)CCCC. The molecule has 0 amide bonds. The van der Waals surface area contributed by atoms with Crippen LogP contribution in [-0.4, -0.2) is 33.1 Å². The van der Waals surface area contributed by atoms with Crippen molar-refractivity contribution in [3.8, 4) is 0 Å². The maximum Gasteiger partial charge on any atom is 0.0982 e. The van der Waals surface area contributed by atoms with Crippen molar-refractivity contribution in [1.82, 2.24) is 0 Å². The number of hydrogen-bond donors (Lipinski definition) is 3. The highest BCUT2D eigenvalue weighted by Crippen LogP contribution is 2.15. The maximum atomic E-state index is 10.2. The summed E-state index contributed by atoms with van der Waals surface area (Å²) in [5.74, 6) is 0. The summed E-state index contributed by atoms with van der Waals surface area (Å²) in [7, 11) is 0. The third-order valence-corrected chi connectivity index (χ3v) is 3.85. The zero-order valence-corrected chi connectivity index (χ0v) is 15.6. The fourth-order valence-corrected chi connectivity index (χ4v) is 2.23. The van der Waals surface area contributed by atoms with Gasteiger partial charge in [0.05, 0.1) is 17.8 Å². The van der Waals surface area contributed by atoms with Crippen LogP contribution in [0.5, 0.6) is 0 Å². The van der Waals surface area contributed by atoms with Gasteiger partial charge in [-0.25, -0.2) is 0 Å². The Morgan fingerprint density at radius 1 is 0.833 bits per heavy atom. The molecule has 3 N–H and O–H groups in total. The summed E-state index contributed by atoms with van der Waals surface area (Å²) in [6, 6.07) is 0. The van der Waals surface area contributed by atoms with E-state index in [4.69, 9.17) is 0 Å². The molecule has 0 fully saturated rings. The van der Waals surface area contributed by atoms with Gasteiger partial charge in [0.1, 0.15) is 0 Å². The molecule has 0 saturated carbocycles. The first kappa shape index (κ1) is 22.8. The number of unbranched alkanes of at least 4 members (excludes halogenated alkanes) is 3. The van der Waals surface area contributed by atoms with Crippen LogP contribution in [-0.2, 0) is 0 Å². The minimum atomic E-state index is -0.816. The summed E-state index contributed by atoms with van der Waals surface area (Å²) < 4.78 is 0. The van der Waals surface area contributed by atoms with Crippen LogP contribution in [0.25, 0.3) is 0 Å². The van der Waals surface area contributed by atoms with E-state index in [1.54, 1.807) is 18.2 Å². The number of rotatable bonds is 13. The highest BCUT2D eigenvalue weighted by atomic mass is 16.3. The molecular weight excluding hydrogens is 300 g/mol. The van der Waals surface area contributed by atoms with Gasteiger partial charge in [-0.1, -0.05) is 94.6 Å². The molecule has 24 heavy (non-hydrogen) atoms. The van der Waals surface area contributed by atoms with Gasteiger partial charge in [-0.3, -0.25) is 0 Å². The minimum absolute atomic E-state index is 0.620. The lowest BCUT2D eigenvalue weighted by molar-refractivity contribution is 0.0418. The Labute approximate surface area is 148 Å². The molecule has 0 radical (unpaired) electrons. The van der Waals surface area contributed by atoms with Crippen molar-refractivity contribution in [3.05, 3.63) is 48.6 Å². The van der Waals surface area contributed by atoms with Crippen LogP contribution in [0.1, 0.15) is 65.7 Å². The Kier molecular flexibility index (Phi) is 13.5. The van der Waals surface area contributed by atoms with Crippen LogP contribution in [0.15, 0.2) is 48.6 Å². The Morgan fingerprint density at radius 3 is 2.04 bits per heavy atom.